The van der Waals surface area contributed by atoms with Crippen LogP contribution in [-0.4, -0.2) is 19.9 Å². The van der Waals surface area contributed by atoms with Gasteiger partial charge in [0.05, 0.1) is 0 Å². The third-order valence-corrected chi connectivity index (χ3v) is 2.91. The number of aryl methyl sites for hydroxylation is 1. The van der Waals surface area contributed by atoms with Gasteiger partial charge in [-0.05, 0) is 6.92 Å². The Hall–Kier alpha value is -1.79. The maximum absolute atomic E-state index is 5.61. The molecule has 0 aliphatic heterocycles. The highest BCUT2D eigenvalue weighted by molar-refractivity contribution is 7.81. The van der Waals surface area contributed by atoms with Crippen molar-refractivity contribution in [2.24, 2.45) is 11.5 Å². The summed E-state index contributed by atoms with van der Waals surface area (Å²) in [6, 6.07) is 7.92. The van der Waals surface area contributed by atoms with Crippen LogP contribution < -0.4 is 11.5 Å². The fraction of sp³-hybridized carbons (Fsp3) is 0.0833. The molecule has 0 radical (unpaired) electrons. The van der Waals surface area contributed by atoms with Crippen molar-refractivity contribution < 1.29 is 0 Å². The summed E-state index contributed by atoms with van der Waals surface area (Å²) in [5.41, 5.74) is 14.3. The molecule has 18 heavy (non-hydrogen) atoms. The number of nitrogens with two attached hydrogens (primary N) is 2. The van der Waals surface area contributed by atoms with Gasteiger partial charge in [0.2, 0.25) is 0 Å². The molecule has 2 aromatic rings. The fourth-order valence-corrected chi connectivity index (χ4v) is 1.87. The van der Waals surface area contributed by atoms with E-state index in [4.69, 9.17) is 35.9 Å². The summed E-state index contributed by atoms with van der Waals surface area (Å²) < 4.78 is 0. The maximum Gasteiger partial charge on any atom is 0.138 e. The van der Waals surface area contributed by atoms with Crippen LogP contribution in [0.1, 0.15) is 17.0 Å². The lowest BCUT2D eigenvalue weighted by Crippen LogP contribution is -2.18. The summed E-state index contributed by atoms with van der Waals surface area (Å²) in [6.45, 7) is 2.02. The van der Waals surface area contributed by atoms with E-state index in [1.54, 1.807) is 0 Å². The molecule has 1 aromatic heterocycles. The molecule has 92 valence electrons. The minimum atomic E-state index is 0.174. The third kappa shape index (κ3) is 2.39. The summed E-state index contributed by atoms with van der Waals surface area (Å²) >= 11 is 9.88. The number of aromatic amines is 1. The molecule has 0 unspecified atom stereocenters. The average molecular weight is 276 g/mol. The highest BCUT2D eigenvalue weighted by atomic mass is 32.1. The van der Waals surface area contributed by atoms with Crippen molar-refractivity contribution >= 4 is 34.4 Å². The van der Waals surface area contributed by atoms with Gasteiger partial charge in [0, 0.05) is 5.56 Å². The van der Waals surface area contributed by atoms with Crippen molar-refractivity contribution in [3.63, 3.8) is 0 Å². The van der Waals surface area contributed by atoms with Gasteiger partial charge in [-0.25, -0.2) is 4.98 Å². The molecular weight excluding hydrogens is 264 g/mol. The molecule has 0 saturated heterocycles. The van der Waals surface area contributed by atoms with Gasteiger partial charge in [-0.2, -0.15) is 0 Å². The lowest BCUT2D eigenvalue weighted by molar-refractivity contribution is 1.29. The Labute approximate surface area is 115 Å². The summed E-state index contributed by atoms with van der Waals surface area (Å²) in [5.74, 6) is 0.653. The van der Waals surface area contributed by atoms with Crippen LogP contribution in [0.25, 0.3) is 11.4 Å². The van der Waals surface area contributed by atoms with Crippen LogP contribution in [0.4, 0.5) is 0 Å². The first-order valence-electron chi connectivity index (χ1n) is 5.25. The zero-order valence-electron chi connectivity index (χ0n) is 9.73. The summed E-state index contributed by atoms with van der Waals surface area (Å²) in [7, 11) is 0. The SMILES string of the molecule is Cc1ccc(-c2nc(C(N)=S)c(C(N)=S)[nH]2)cc1. The van der Waals surface area contributed by atoms with Crippen molar-refractivity contribution in [3.8, 4) is 11.4 Å². The van der Waals surface area contributed by atoms with E-state index >= 15 is 0 Å². The van der Waals surface area contributed by atoms with Crippen LogP contribution in [0.2, 0.25) is 0 Å². The highest BCUT2D eigenvalue weighted by Gasteiger charge is 2.15. The van der Waals surface area contributed by atoms with Gasteiger partial charge in [0.1, 0.15) is 27.2 Å². The van der Waals surface area contributed by atoms with Gasteiger partial charge >= 0.3 is 0 Å². The number of imidazole rings is 1. The van der Waals surface area contributed by atoms with E-state index in [0.29, 0.717) is 17.2 Å². The smallest absolute Gasteiger partial charge is 0.138 e. The molecule has 6 heteroatoms. The van der Waals surface area contributed by atoms with E-state index in [1.807, 2.05) is 31.2 Å². The van der Waals surface area contributed by atoms with Crippen LogP contribution in [0.5, 0.6) is 0 Å². The first-order chi connectivity index (χ1) is 8.49. The summed E-state index contributed by atoms with van der Waals surface area (Å²) in [5, 5.41) is 0. The molecule has 0 aliphatic carbocycles. The largest absolute Gasteiger partial charge is 0.388 e. The molecule has 1 aromatic carbocycles. The Bertz CT molecular complexity index is 582. The van der Waals surface area contributed by atoms with E-state index in [2.05, 4.69) is 9.97 Å². The van der Waals surface area contributed by atoms with Crippen LogP contribution in [-0.2, 0) is 0 Å². The Morgan fingerprint density at radius 3 is 2.17 bits per heavy atom. The molecule has 2 rings (SSSR count). The monoisotopic (exact) mass is 276 g/mol. The van der Waals surface area contributed by atoms with Crippen molar-refractivity contribution in [1.29, 1.82) is 0 Å². The molecule has 0 fully saturated rings. The van der Waals surface area contributed by atoms with Gasteiger partial charge in [-0.3, -0.25) is 0 Å². The van der Waals surface area contributed by atoms with Gasteiger partial charge < -0.3 is 16.5 Å². The Kier molecular flexibility index (Phi) is 3.40. The maximum atomic E-state index is 5.61. The van der Waals surface area contributed by atoms with E-state index < -0.39 is 0 Å². The van der Waals surface area contributed by atoms with Crippen molar-refractivity contribution in [1.82, 2.24) is 9.97 Å². The minimum absolute atomic E-state index is 0.174. The molecule has 0 amide bonds. The molecule has 4 nitrogen and oxygen atoms in total. The van der Waals surface area contributed by atoms with Gasteiger partial charge in [-0.1, -0.05) is 54.3 Å². The third-order valence-electron chi connectivity index (χ3n) is 2.51. The lowest BCUT2D eigenvalue weighted by atomic mass is 10.1. The first-order valence-corrected chi connectivity index (χ1v) is 6.07. The predicted octanol–water partition coefficient (Wildman–Crippen LogP) is 1.65. The van der Waals surface area contributed by atoms with Crippen molar-refractivity contribution in [2.75, 3.05) is 0 Å². The number of nitrogens with one attached hydrogen (secondary N) is 1. The number of rotatable bonds is 3. The van der Waals surface area contributed by atoms with E-state index in [0.717, 1.165) is 5.56 Å². The Morgan fingerprint density at radius 1 is 1.11 bits per heavy atom. The van der Waals surface area contributed by atoms with Crippen LogP contribution in [0, 0.1) is 6.92 Å². The number of hydrogen-bond acceptors (Lipinski definition) is 3. The van der Waals surface area contributed by atoms with Gasteiger partial charge in [0.25, 0.3) is 0 Å². The number of thiocarbonyl (C=S) groups is 2. The molecule has 5 N–H and O–H groups in total. The second-order valence-corrected chi connectivity index (χ2v) is 4.78. The topological polar surface area (TPSA) is 80.7 Å². The minimum Gasteiger partial charge on any atom is -0.388 e. The molecule has 0 aliphatic rings. The standard InChI is InChI=1S/C12H12N4S2/c1-6-2-4-7(5-3-6)12-15-8(10(13)17)9(16-12)11(14)18/h2-5H,1H3,(H2,13,17)(H2,14,18)(H,15,16). The average Bonchev–Trinajstić information content (AvgIpc) is 2.75. The molecule has 0 atom stereocenters. The summed E-state index contributed by atoms with van der Waals surface area (Å²) in [4.78, 5) is 7.77. The Balaban J connectivity index is 2.53. The molecule has 0 saturated carbocycles. The zero-order chi connectivity index (χ0) is 13.3. The number of H-pyrrole nitrogens is 1. The number of aromatic nitrogens is 2. The molecule has 1 heterocycles. The quantitative estimate of drug-likeness (QED) is 0.743. The second kappa shape index (κ2) is 4.83. The predicted molar refractivity (Wildman–Crippen MR) is 80.5 cm³/mol. The normalized spacial score (nSPS) is 10.3. The van der Waals surface area contributed by atoms with Crippen LogP contribution in [0.15, 0.2) is 24.3 Å². The van der Waals surface area contributed by atoms with Crippen LogP contribution in [0.3, 0.4) is 0 Å². The van der Waals surface area contributed by atoms with E-state index in [-0.39, 0.29) is 9.98 Å². The lowest BCUT2D eigenvalue weighted by Gasteiger charge is -1.97. The summed E-state index contributed by atoms with van der Waals surface area (Å²) in [6.07, 6.45) is 0. The van der Waals surface area contributed by atoms with Gasteiger partial charge in [-0.15, -0.1) is 0 Å². The van der Waals surface area contributed by atoms with E-state index in [1.165, 1.54) is 5.56 Å². The number of benzene rings is 1. The number of nitrogens with zero attached hydrogens (tertiary/aromatic N) is 1. The molecule has 0 spiro atoms. The number of hydrogen-bond donors (Lipinski definition) is 3. The van der Waals surface area contributed by atoms with E-state index in [9.17, 15) is 0 Å². The molecular formula is C12H12N4S2. The molecule has 0 bridgehead atoms. The van der Waals surface area contributed by atoms with Crippen molar-refractivity contribution in [2.45, 2.75) is 6.92 Å². The first kappa shape index (κ1) is 12.7. The van der Waals surface area contributed by atoms with Crippen LogP contribution >= 0.6 is 24.4 Å². The second-order valence-electron chi connectivity index (χ2n) is 3.90. The Morgan fingerprint density at radius 2 is 1.72 bits per heavy atom. The highest BCUT2D eigenvalue weighted by Crippen LogP contribution is 2.19. The fourth-order valence-electron chi connectivity index (χ4n) is 1.58. The zero-order valence-corrected chi connectivity index (χ0v) is 11.4. The van der Waals surface area contributed by atoms with Crippen molar-refractivity contribution in [3.05, 3.63) is 41.2 Å². The van der Waals surface area contributed by atoms with Gasteiger partial charge in [0.15, 0.2) is 0 Å².